The first-order chi connectivity index (χ1) is 7.71. The van der Waals surface area contributed by atoms with Crippen molar-refractivity contribution in [2.24, 2.45) is 0 Å². The van der Waals surface area contributed by atoms with Gasteiger partial charge in [-0.2, -0.15) is 0 Å². The number of hydrogen-bond acceptors (Lipinski definition) is 4. The second-order valence-electron chi connectivity index (χ2n) is 4.60. The van der Waals surface area contributed by atoms with Crippen molar-refractivity contribution >= 4 is 18.1 Å². The molecule has 0 saturated heterocycles. The van der Waals surface area contributed by atoms with Gasteiger partial charge in [0.15, 0.2) is 9.84 Å². The fourth-order valence-electron chi connectivity index (χ4n) is 1.75. The second-order valence-corrected chi connectivity index (χ2v) is 8.72. The summed E-state index contributed by atoms with van der Waals surface area (Å²) in [5, 5.41) is 0. The zero-order valence-corrected chi connectivity index (χ0v) is 13.5. The Bertz CT molecular complexity index is 296. The molecule has 0 amide bonds. The van der Waals surface area contributed by atoms with Crippen LogP contribution in [0, 0.1) is 0 Å². The van der Waals surface area contributed by atoms with Gasteiger partial charge in [0.1, 0.15) is 8.30 Å². The molecule has 0 rings (SSSR count). The second kappa shape index (κ2) is 7.67. The normalized spacial score (nSPS) is 14.9. The van der Waals surface area contributed by atoms with Crippen molar-refractivity contribution in [3.05, 3.63) is 0 Å². The van der Waals surface area contributed by atoms with E-state index in [0.717, 1.165) is 0 Å². The van der Waals surface area contributed by atoms with Crippen molar-refractivity contribution in [1.82, 2.24) is 4.67 Å². The molecular weight excluding hydrogens is 257 g/mol. The highest BCUT2D eigenvalue weighted by atomic mass is 32.2. The Hall–Kier alpha value is 0.300. The summed E-state index contributed by atoms with van der Waals surface area (Å²) in [5.41, 5.74) is 0. The SMILES string of the molecule is CCS(=O)(=O)CCOP(C)N(C(C)C)C(C)C. The Labute approximate surface area is 108 Å². The molecule has 0 aromatic heterocycles. The Morgan fingerprint density at radius 2 is 1.65 bits per heavy atom. The molecule has 0 heterocycles. The predicted octanol–water partition coefficient (Wildman–Crippen LogP) is 2.50. The van der Waals surface area contributed by atoms with E-state index in [2.05, 4.69) is 32.4 Å². The quantitative estimate of drug-likeness (QED) is 0.642. The van der Waals surface area contributed by atoms with E-state index in [4.69, 9.17) is 4.52 Å². The number of sulfone groups is 1. The minimum absolute atomic E-state index is 0.125. The van der Waals surface area contributed by atoms with Crippen LogP contribution < -0.4 is 0 Å². The topological polar surface area (TPSA) is 46.6 Å². The molecule has 0 radical (unpaired) electrons. The Balaban J connectivity index is 4.21. The minimum atomic E-state index is -2.91. The Morgan fingerprint density at radius 3 is 2.00 bits per heavy atom. The first kappa shape index (κ1) is 17.3. The molecule has 6 heteroatoms. The van der Waals surface area contributed by atoms with E-state index in [0.29, 0.717) is 18.7 Å². The highest BCUT2D eigenvalue weighted by molar-refractivity contribution is 7.91. The molecule has 0 spiro atoms. The molecule has 0 fully saturated rings. The maximum atomic E-state index is 11.3. The van der Waals surface area contributed by atoms with E-state index in [1.54, 1.807) is 6.92 Å². The lowest BCUT2D eigenvalue weighted by Crippen LogP contribution is -2.33. The van der Waals surface area contributed by atoms with E-state index < -0.39 is 18.1 Å². The largest absolute Gasteiger partial charge is 0.343 e. The first-order valence-electron chi connectivity index (χ1n) is 6.06. The van der Waals surface area contributed by atoms with Crippen molar-refractivity contribution in [1.29, 1.82) is 0 Å². The number of hydrogen-bond donors (Lipinski definition) is 0. The maximum absolute atomic E-state index is 11.3. The van der Waals surface area contributed by atoms with Crippen LogP contribution in [0.2, 0.25) is 0 Å². The van der Waals surface area contributed by atoms with Crippen molar-refractivity contribution in [2.45, 2.75) is 46.7 Å². The zero-order valence-electron chi connectivity index (χ0n) is 11.8. The van der Waals surface area contributed by atoms with E-state index in [9.17, 15) is 8.42 Å². The summed E-state index contributed by atoms with van der Waals surface area (Å²) in [7, 11) is -3.63. The molecule has 1 atom stereocenters. The molecule has 0 aromatic rings. The van der Waals surface area contributed by atoms with Gasteiger partial charge >= 0.3 is 0 Å². The molecule has 0 aliphatic heterocycles. The van der Waals surface area contributed by atoms with Crippen molar-refractivity contribution in [3.8, 4) is 0 Å². The monoisotopic (exact) mass is 283 g/mol. The van der Waals surface area contributed by atoms with Gasteiger partial charge in [0.05, 0.1) is 12.4 Å². The van der Waals surface area contributed by atoms with Gasteiger partial charge in [-0.05, 0) is 34.4 Å². The van der Waals surface area contributed by atoms with Crippen LogP contribution in [0.4, 0.5) is 0 Å². The van der Waals surface area contributed by atoms with E-state index in [1.165, 1.54) is 0 Å². The van der Waals surface area contributed by atoms with Crippen molar-refractivity contribution < 1.29 is 12.9 Å². The highest BCUT2D eigenvalue weighted by Crippen LogP contribution is 2.40. The molecular formula is C11H26NO3PS. The third-order valence-electron chi connectivity index (χ3n) is 2.50. The van der Waals surface area contributed by atoms with Gasteiger partial charge in [-0.15, -0.1) is 0 Å². The average Bonchev–Trinajstić information content (AvgIpc) is 2.16. The lowest BCUT2D eigenvalue weighted by molar-refractivity contribution is 0.264. The Kier molecular flexibility index (Phi) is 7.81. The van der Waals surface area contributed by atoms with E-state index >= 15 is 0 Å². The summed E-state index contributed by atoms with van der Waals surface area (Å²) >= 11 is 0. The van der Waals surface area contributed by atoms with Gasteiger partial charge in [0.25, 0.3) is 0 Å². The van der Waals surface area contributed by atoms with Crippen LogP contribution in [0.1, 0.15) is 34.6 Å². The molecule has 4 nitrogen and oxygen atoms in total. The molecule has 0 aromatic carbocycles. The van der Waals surface area contributed by atoms with Crippen molar-refractivity contribution in [3.63, 3.8) is 0 Å². The summed E-state index contributed by atoms with van der Waals surface area (Å²) in [6, 6.07) is 0.822. The van der Waals surface area contributed by atoms with Gasteiger partial charge in [0.2, 0.25) is 0 Å². The van der Waals surface area contributed by atoms with Gasteiger partial charge in [-0.3, -0.25) is 4.67 Å². The fraction of sp³-hybridized carbons (Fsp3) is 1.00. The van der Waals surface area contributed by atoms with Gasteiger partial charge < -0.3 is 4.52 Å². The molecule has 0 N–H and O–H groups in total. The minimum Gasteiger partial charge on any atom is -0.343 e. The van der Waals surface area contributed by atoms with Gasteiger partial charge in [-0.25, -0.2) is 8.42 Å². The molecule has 104 valence electrons. The Morgan fingerprint density at radius 1 is 1.18 bits per heavy atom. The first-order valence-corrected chi connectivity index (χ1v) is 9.54. The van der Waals surface area contributed by atoms with E-state index in [1.807, 2.05) is 6.66 Å². The average molecular weight is 283 g/mol. The summed E-state index contributed by atoms with van der Waals surface area (Å²) in [4.78, 5) is 0. The number of nitrogens with zero attached hydrogens (tertiary/aromatic N) is 1. The van der Waals surface area contributed by atoms with Crippen LogP contribution in [-0.2, 0) is 14.4 Å². The predicted molar refractivity (Wildman–Crippen MR) is 75.2 cm³/mol. The molecule has 0 saturated carbocycles. The standard InChI is InChI=1S/C11H26NO3PS/c1-7-17(13,14)9-8-15-16(6)12(10(2)3)11(4)5/h10-11H,7-9H2,1-6H3. The lowest BCUT2D eigenvalue weighted by atomic mass is 10.3. The van der Waals surface area contributed by atoms with Gasteiger partial charge in [0, 0.05) is 17.8 Å². The third kappa shape index (κ3) is 6.70. The fourth-order valence-corrected chi connectivity index (χ4v) is 4.29. The maximum Gasteiger partial charge on any atom is 0.152 e. The smallest absolute Gasteiger partial charge is 0.152 e. The summed E-state index contributed by atoms with van der Waals surface area (Å²) in [5.74, 6) is 0.316. The molecule has 0 aliphatic carbocycles. The highest BCUT2D eigenvalue weighted by Gasteiger charge is 2.21. The zero-order chi connectivity index (χ0) is 13.6. The third-order valence-corrected chi connectivity index (χ3v) is 6.29. The summed E-state index contributed by atoms with van der Waals surface area (Å²) in [6.45, 7) is 12.5. The van der Waals surface area contributed by atoms with Crippen LogP contribution in [0.15, 0.2) is 0 Å². The number of rotatable bonds is 8. The van der Waals surface area contributed by atoms with Crippen LogP contribution in [0.3, 0.4) is 0 Å². The molecule has 1 unspecified atom stereocenters. The molecule has 0 aliphatic rings. The lowest BCUT2D eigenvalue weighted by Gasteiger charge is -2.35. The van der Waals surface area contributed by atoms with Crippen LogP contribution in [0.5, 0.6) is 0 Å². The van der Waals surface area contributed by atoms with Crippen LogP contribution in [0.25, 0.3) is 0 Å². The summed E-state index contributed by atoms with van der Waals surface area (Å²) < 4.78 is 30.6. The van der Waals surface area contributed by atoms with E-state index in [-0.39, 0.29) is 11.5 Å². The van der Waals surface area contributed by atoms with Gasteiger partial charge in [-0.1, -0.05) is 6.92 Å². The van der Waals surface area contributed by atoms with Crippen LogP contribution in [-0.4, -0.2) is 49.9 Å². The van der Waals surface area contributed by atoms with Crippen molar-refractivity contribution in [2.75, 3.05) is 24.8 Å². The molecule has 17 heavy (non-hydrogen) atoms. The van der Waals surface area contributed by atoms with Crippen LogP contribution >= 0.6 is 8.30 Å². The summed E-state index contributed by atoms with van der Waals surface area (Å²) in [6.07, 6.45) is 0. The molecule has 0 bridgehead atoms.